The third kappa shape index (κ3) is 4.75. The van der Waals surface area contributed by atoms with E-state index in [1.165, 1.54) is 0 Å². The fourth-order valence-electron chi connectivity index (χ4n) is 1.52. The van der Waals surface area contributed by atoms with Gasteiger partial charge in [0.25, 0.3) is 0 Å². The van der Waals surface area contributed by atoms with Gasteiger partial charge >= 0.3 is 0 Å². The van der Waals surface area contributed by atoms with Gasteiger partial charge in [0.05, 0.1) is 12.3 Å². The van der Waals surface area contributed by atoms with Crippen LogP contribution in [0.4, 0.5) is 5.69 Å². The molecule has 0 atom stereocenters. The Morgan fingerprint density at radius 2 is 2.05 bits per heavy atom. The maximum absolute atomic E-state index is 12.0. The van der Waals surface area contributed by atoms with Crippen LogP contribution in [0, 0.1) is 5.41 Å². The molecule has 0 bridgehead atoms. The summed E-state index contributed by atoms with van der Waals surface area (Å²) in [6, 6.07) is 5.77. The fraction of sp³-hybridized carbons (Fsp3) is 0.533. The minimum absolute atomic E-state index is 0.0291. The summed E-state index contributed by atoms with van der Waals surface area (Å²) in [4.78, 5) is 12.0. The molecule has 0 saturated carbocycles. The molecule has 1 rings (SSSR count). The molecule has 1 amide bonds. The fourth-order valence-corrected chi connectivity index (χ4v) is 1.74. The Kier molecular flexibility index (Phi) is 5.67. The van der Waals surface area contributed by atoms with Crippen molar-refractivity contribution in [1.82, 2.24) is 0 Å². The van der Waals surface area contributed by atoms with Gasteiger partial charge in [0, 0.05) is 11.3 Å². The molecular weight excluding hydrogens is 262 g/mol. The van der Waals surface area contributed by atoms with E-state index in [2.05, 4.69) is 5.32 Å². The van der Waals surface area contributed by atoms with E-state index >= 15 is 0 Å². The summed E-state index contributed by atoms with van der Waals surface area (Å²) < 4.78 is 5.58. The van der Waals surface area contributed by atoms with Gasteiger partial charge in [-0.3, -0.25) is 4.79 Å². The molecule has 3 nitrogen and oxygen atoms in total. The van der Waals surface area contributed by atoms with Gasteiger partial charge in [-0.1, -0.05) is 26.8 Å². The molecule has 0 saturated heterocycles. The van der Waals surface area contributed by atoms with E-state index in [1.54, 1.807) is 0 Å². The first-order chi connectivity index (χ1) is 8.88. The Bertz CT molecular complexity index is 438. The predicted octanol–water partition coefficient (Wildman–Crippen LogP) is 3.85. The van der Waals surface area contributed by atoms with E-state index in [1.807, 2.05) is 45.9 Å². The lowest BCUT2D eigenvalue weighted by Gasteiger charge is -2.19. The normalized spacial score (nSPS) is 11.2. The minimum atomic E-state index is -0.432. The van der Waals surface area contributed by atoms with Crippen LogP contribution >= 0.6 is 11.6 Å². The van der Waals surface area contributed by atoms with Crippen molar-refractivity contribution >= 4 is 23.2 Å². The number of carbonyl (C=O) groups excluding carboxylic acids is 1. The van der Waals surface area contributed by atoms with Crippen LogP contribution in [0.1, 0.15) is 33.3 Å². The van der Waals surface area contributed by atoms with E-state index in [0.717, 1.165) is 12.0 Å². The zero-order valence-electron chi connectivity index (χ0n) is 12.0. The van der Waals surface area contributed by atoms with Gasteiger partial charge in [0.2, 0.25) is 5.91 Å². The zero-order valence-corrected chi connectivity index (χ0v) is 12.8. The molecular formula is C15H22ClNO2. The van der Waals surface area contributed by atoms with Gasteiger partial charge in [0.15, 0.2) is 0 Å². The number of anilines is 1. The van der Waals surface area contributed by atoms with Crippen molar-refractivity contribution in [3.8, 4) is 5.75 Å². The Hall–Kier alpha value is -1.22. The van der Waals surface area contributed by atoms with Crippen LogP contribution in [0.25, 0.3) is 0 Å². The Morgan fingerprint density at radius 1 is 1.37 bits per heavy atom. The number of ether oxygens (including phenoxy) is 1. The van der Waals surface area contributed by atoms with E-state index in [4.69, 9.17) is 16.3 Å². The summed E-state index contributed by atoms with van der Waals surface area (Å²) in [5, 5.41) is 2.91. The van der Waals surface area contributed by atoms with Crippen LogP contribution in [0.2, 0.25) is 0 Å². The van der Waals surface area contributed by atoms with Crippen LogP contribution in [0.15, 0.2) is 18.2 Å². The van der Waals surface area contributed by atoms with Crippen LogP contribution in [0.5, 0.6) is 5.75 Å². The van der Waals surface area contributed by atoms with Crippen LogP contribution in [-0.4, -0.2) is 18.4 Å². The first-order valence-corrected chi connectivity index (χ1v) is 7.05. The Labute approximate surface area is 120 Å². The third-order valence-corrected chi connectivity index (χ3v) is 2.85. The van der Waals surface area contributed by atoms with Crippen LogP contribution in [-0.2, 0) is 11.2 Å². The first-order valence-electron chi connectivity index (χ1n) is 6.51. The highest BCUT2D eigenvalue weighted by atomic mass is 35.5. The van der Waals surface area contributed by atoms with Crippen molar-refractivity contribution in [3.63, 3.8) is 0 Å². The molecule has 0 aliphatic rings. The van der Waals surface area contributed by atoms with Gasteiger partial charge in [-0.25, -0.2) is 0 Å². The second kappa shape index (κ2) is 6.80. The average molecular weight is 284 g/mol. The quantitative estimate of drug-likeness (QED) is 0.834. The lowest BCUT2D eigenvalue weighted by atomic mass is 9.95. The lowest BCUT2D eigenvalue weighted by Crippen LogP contribution is -2.27. The summed E-state index contributed by atoms with van der Waals surface area (Å²) >= 11 is 5.74. The van der Waals surface area contributed by atoms with Crippen molar-refractivity contribution in [2.45, 2.75) is 34.1 Å². The highest BCUT2D eigenvalue weighted by Crippen LogP contribution is 2.28. The number of hydrogen-bond donors (Lipinski definition) is 1. The van der Waals surface area contributed by atoms with Gasteiger partial charge < -0.3 is 10.1 Å². The lowest BCUT2D eigenvalue weighted by molar-refractivity contribution is -0.123. The Morgan fingerprint density at radius 3 is 2.58 bits per heavy atom. The SMILES string of the molecule is CCOc1cc(CCCl)ccc1NC(=O)C(C)(C)C. The molecule has 1 aromatic rings. The number of amides is 1. The van der Waals surface area contributed by atoms with Crippen LogP contribution in [0.3, 0.4) is 0 Å². The molecule has 0 radical (unpaired) electrons. The Balaban J connectivity index is 2.96. The topological polar surface area (TPSA) is 38.3 Å². The van der Waals surface area contributed by atoms with Crippen molar-refractivity contribution in [2.75, 3.05) is 17.8 Å². The molecule has 0 aromatic heterocycles. The van der Waals surface area contributed by atoms with Crippen molar-refractivity contribution in [1.29, 1.82) is 0 Å². The molecule has 0 aliphatic carbocycles. The van der Waals surface area contributed by atoms with Crippen molar-refractivity contribution in [3.05, 3.63) is 23.8 Å². The molecule has 0 heterocycles. The number of halogens is 1. The highest BCUT2D eigenvalue weighted by molar-refractivity contribution is 6.18. The maximum atomic E-state index is 12.0. The molecule has 4 heteroatoms. The first kappa shape index (κ1) is 15.8. The molecule has 0 aliphatic heterocycles. The highest BCUT2D eigenvalue weighted by Gasteiger charge is 2.22. The molecule has 0 spiro atoms. The summed E-state index contributed by atoms with van der Waals surface area (Å²) in [5.41, 5.74) is 1.38. The third-order valence-electron chi connectivity index (χ3n) is 2.66. The van der Waals surface area contributed by atoms with E-state index in [-0.39, 0.29) is 5.91 Å². The number of aryl methyl sites for hydroxylation is 1. The summed E-state index contributed by atoms with van der Waals surface area (Å²) in [6.45, 7) is 8.12. The van der Waals surface area contributed by atoms with Gasteiger partial charge in [-0.05, 0) is 31.0 Å². The molecule has 1 aromatic carbocycles. The minimum Gasteiger partial charge on any atom is -0.492 e. The average Bonchev–Trinajstić information content (AvgIpc) is 2.32. The van der Waals surface area contributed by atoms with E-state index in [0.29, 0.717) is 23.9 Å². The largest absolute Gasteiger partial charge is 0.492 e. The molecule has 0 fully saturated rings. The number of nitrogens with one attached hydrogen (secondary N) is 1. The summed E-state index contributed by atoms with van der Waals surface area (Å²) in [6.07, 6.45) is 0.787. The number of benzene rings is 1. The predicted molar refractivity (Wildman–Crippen MR) is 80.1 cm³/mol. The summed E-state index contributed by atoms with van der Waals surface area (Å²) in [5.74, 6) is 1.24. The standard InChI is InChI=1S/C15H22ClNO2/c1-5-19-13-10-11(8-9-16)6-7-12(13)17-14(18)15(2,3)4/h6-7,10H,5,8-9H2,1-4H3,(H,17,18). The van der Waals surface area contributed by atoms with Crippen molar-refractivity contribution < 1.29 is 9.53 Å². The second-order valence-corrected chi connectivity index (χ2v) is 5.78. The van der Waals surface area contributed by atoms with E-state index < -0.39 is 5.41 Å². The maximum Gasteiger partial charge on any atom is 0.229 e. The van der Waals surface area contributed by atoms with Crippen LogP contribution < -0.4 is 10.1 Å². The number of hydrogen-bond acceptors (Lipinski definition) is 2. The summed E-state index contributed by atoms with van der Waals surface area (Å²) in [7, 11) is 0. The number of alkyl halides is 1. The zero-order chi connectivity index (χ0) is 14.5. The van der Waals surface area contributed by atoms with Gasteiger partial charge in [-0.15, -0.1) is 11.6 Å². The van der Waals surface area contributed by atoms with E-state index in [9.17, 15) is 4.79 Å². The monoisotopic (exact) mass is 283 g/mol. The van der Waals surface area contributed by atoms with Crippen molar-refractivity contribution in [2.24, 2.45) is 5.41 Å². The smallest absolute Gasteiger partial charge is 0.229 e. The van der Waals surface area contributed by atoms with Gasteiger partial charge in [0.1, 0.15) is 5.75 Å². The molecule has 1 N–H and O–H groups in total. The molecule has 0 unspecified atom stereocenters. The van der Waals surface area contributed by atoms with Gasteiger partial charge in [-0.2, -0.15) is 0 Å². The number of carbonyl (C=O) groups is 1. The number of rotatable bonds is 5. The second-order valence-electron chi connectivity index (χ2n) is 5.41. The molecule has 19 heavy (non-hydrogen) atoms. The molecule has 106 valence electrons.